The highest BCUT2D eigenvalue weighted by Gasteiger charge is 2.30. The monoisotopic (exact) mass is 330 g/mol. The second kappa shape index (κ2) is 5.21. The summed E-state index contributed by atoms with van der Waals surface area (Å²) in [4.78, 5) is 3.95. The summed E-state index contributed by atoms with van der Waals surface area (Å²) in [7, 11) is 0. The fourth-order valence-corrected chi connectivity index (χ4v) is 1.93. The minimum atomic E-state index is -4.35. The number of rotatable bonds is 2. The van der Waals surface area contributed by atoms with Gasteiger partial charge in [-0.05, 0) is 46.6 Å². The van der Waals surface area contributed by atoms with Crippen molar-refractivity contribution in [3.63, 3.8) is 0 Å². The number of nitrogens with one attached hydrogen (secondary N) is 1. The first-order valence-corrected chi connectivity index (χ1v) is 6.21. The van der Waals surface area contributed by atoms with Crippen LogP contribution in [0, 0.1) is 6.92 Å². The zero-order valence-electron chi connectivity index (χ0n) is 9.92. The van der Waals surface area contributed by atoms with Crippen molar-refractivity contribution in [3.05, 3.63) is 52.3 Å². The minimum Gasteiger partial charge on any atom is -0.354 e. The Balaban J connectivity index is 2.34. The van der Waals surface area contributed by atoms with Crippen molar-refractivity contribution in [1.82, 2.24) is 4.98 Å². The Hall–Kier alpha value is -1.56. The van der Waals surface area contributed by atoms with Crippen molar-refractivity contribution in [1.29, 1.82) is 0 Å². The Morgan fingerprint density at radius 3 is 2.53 bits per heavy atom. The zero-order chi connectivity index (χ0) is 14.0. The van der Waals surface area contributed by atoms with E-state index in [1.165, 1.54) is 6.07 Å². The van der Waals surface area contributed by atoms with E-state index >= 15 is 0 Å². The van der Waals surface area contributed by atoms with Crippen molar-refractivity contribution in [2.24, 2.45) is 0 Å². The number of benzene rings is 1. The highest BCUT2D eigenvalue weighted by Crippen LogP contribution is 2.33. The molecule has 0 saturated heterocycles. The van der Waals surface area contributed by atoms with Crippen LogP contribution in [0.15, 0.2) is 41.1 Å². The first-order chi connectivity index (χ1) is 8.86. The standard InChI is InChI=1S/C13H10BrF3N2/c1-8-2-3-9(13(15,16)17)4-12(8)19-11-5-10(14)6-18-7-11/h2-7,19H,1H3. The summed E-state index contributed by atoms with van der Waals surface area (Å²) in [5, 5.41) is 2.93. The summed E-state index contributed by atoms with van der Waals surface area (Å²) in [5.41, 5.74) is 1.09. The molecule has 0 amide bonds. The van der Waals surface area contributed by atoms with Gasteiger partial charge >= 0.3 is 6.18 Å². The number of aromatic nitrogens is 1. The molecular formula is C13H10BrF3N2. The van der Waals surface area contributed by atoms with Crippen LogP contribution in [0.5, 0.6) is 0 Å². The van der Waals surface area contributed by atoms with E-state index in [9.17, 15) is 13.2 Å². The summed E-state index contributed by atoms with van der Waals surface area (Å²) in [6.45, 7) is 1.74. The van der Waals surface area contributed by atoms with Gasteiger partial charge < -0.3 is 5.32 Å². The predicted molar refractivity (Wildman–Crippen MR) is 71.4 cm³/mol. The Bertz CT molecular complexity index is 597. The van der Waals surface area contributed by atoms with Crippen LogP contribution in [-0.4, -0.2) is 4.98 Å². The van der Waals surface area contributed by atoms with Gasteiger partial charge in [0, 0.05) is 16.4 Å². The molecule has 0 unspecified atom stereocenters. The maximum atomic E-state index is 12.7. The first-order valence-electron chi connectivity index (χ1n) is 5.42. The molecule has 0 fully saturated rings. The second-order valence-electron chi connectivity index (χ2n) is 4.04. The maximum Gasteiger partial charge on any atom is 0.416 e. The molecule has 1 heterocycles. The van der Waals surface area contributed by atoms with Crippen LogP contribution in [0.25, 0.3) is 0 Å². The quantitative estimate of drug-likeness (QED) is 0.845. The molecule has 0 aliphatic carbocycles. The van der Waals surface area contributed by atoms with Crippen LogP contribution < -0.4 is 5.32 Å². The number of pyridine rings is 1. The molecule has 2 rings (SSSR count). The maximum absolute atomic E-state index is 12.7. The van der Waals surface area contributed by atoms with E-state index in [1.54, 1.807) is 25.4 Å². The number of alkyl halides is 3. The van der Waals surface area contributed by atoms with Gasteiger partial charge in [-0.3, -0.25) is 4.98 Å². The Kier molecular flexibility index (Phi) is 3.80. The van der Waals surface area contributed by atoms with E-state index in [1.807, 2.05) is 0 Å². The minimum absolute atomic E-state index is 0.412. The molecule has 2 nitrogen and oxygen atoms in total. The highest BCUT2D eigenvalue weighted by molar-refractivity contribution is 9.10. The number of anilines is 2. The lowest BCUT2D eigenvalue weighted by Crippen LogP contribution is -2.06. The van der Waals surface area contributed by atoms with Crippen LogP contribution >= 0.6 is 15.9 Å². The third kappa shape index (κ3) is 3.47. The van der Waals surface area contributed by atoms with Crippen LogP contribution in [0.4, 0.5) is 24.5 Å². The van der Waals surface area contributed by atoms with Crippen molar-refractivity contribution < 1.29 is 13.2 Å². The lowest BCUT2D eigenvalue weighted by Gasteiger charge is -2.13. The van der Waals surface area contributed by atoms with Gasteiger partial charge in [0.1, 0.15) is 0 Å². The first kappa shape index (κ1) is 13.9. The van der Waals surface area contributed by atoms with Gasteiger partial charge in [-0.1, -0.05) is 6.07 Å². The van der Waals surface area contributed by atoms with E-state index in [-0.39, 0.29) is 0 Å². The van der Waals surface area contributed by atoms with E-state index in [2.05, 4.69) is 26.2 Å². The van der Waals surface area contributed by atoms with Crippen LogP contribution in [-0.2, 0) is 6.18 Å². The molecule has 0 aliphatic rings. The van der Waals surface area contributed by atoms with Crippen LogP contribution in [0.3, 0.4) is 0 Å². The average molecular weight is 331 g/mol. The molecule has 19 heavy (non-hydrogen) atoms. The van der Waals surface area contributed by atoms with E-state index < -0.39 is 11.7 Å². The molecule has 100 valence electrons. The largest absolute Gasteiger partial charge is 0.416 e. The zero-order valence-corrected chi connectivity index (χ0v) is 11.5. The molecule has 0 bridgehead atoms. The number of nitrogens with zero attached hydrogens (tertiary/aromatic N) is 1. The molecule has 0 aliphatic heterocycles. The van der Waals surface area contributed by atoms with E-state index in [0.29, 0.717) is 11.4 Å². The summed E-state index contributed by atoms with van der Waals surface area (Å²) >= 11 is 3.26. The number of aryl methyl sites for hydroxylation is 1. The summed E-state index contributed by atoms with van der Waals surface area (Å²) in [6.07, 6.45) is -1.20. The molecule has 0 spiro atoms. The SMILES string of the molecule is Cc1ccc(C(F)(F)F)cc1Nc1cncc(Br)c1. The van der Waals surface area contributed by atoms with Crippen molar-refractivity contribution >= 4 is 27.3 Å². The normalized spacial score (nSPS) is 11.4. The second-order valence-corrected chi connectivity index (χ2v) is 4.96. The van der Waals surface area contributed by atoms with Crippen LogP contribution in [0.1, 0.15) is 11.1 Å². The van der Waals surface area contributed by atoms with Crippen molar-refractivity contribution in [2.75, 3.05) is 5.32 Å². The Labute approximate surface area is 116 Å². The highest BCUT2D eigenvalue weighted by atomic mass is 79.9. The lowest BCUT2D eigenvalue weighted by molar-refractivity contribution is -0.137. The van der Waals surface area contributed by atoms with Gasteiger partial charge in [0.25, 0.3) is 0 Å². The van der Waals surface area contributed by atoms with Gasteiger partial charge in [0.15, 0.2) is 0 Å². The fraction of sp³-hybridized carbons (Fsp3) is 0.154. The van der Waals surface area contributed by atoms with Gasteiger partial charge in [0.2, 0.25) is 0 Å². The van der Waals surface area contributed by atoms with Gasteiger partial charge in [-0.25, -0.2) is 0 Å². The topological polar surface area (TPSA) is 24.9 Å². The molecule has 2 aromatic rings. The van der Waals surface area contributed by atoms with Gasteiger partial charge in [-0.2, -0.15) is 13.2 Å². The number of hydrogen-bond donors (Lipinski definition) is 1. The number of hydrogen-bond acceptors (Lipinski definition) is 2. The third-order valence-corrected chi connectivity index (χ3v) is 2.98. The molecule has 6 heteroatoms. The molecule has 1 aromatic carbocycles. The van der Waals surface area contributed by atoms with E-state index in [0.717, 1.165) is 22.2 Å². The summed E-state index contributed by atoms with van der Waals surface area (Å²) in [5.74, 6) is 0. The van der Waals surface area contributed by atoms with Gasteiger partial charge in [0.05, 0.1) is 17.4 Å². The summed E-state index contributed by atoms with van der Waals surface area (Å²) in [6, 6.07) is 5.35. The van der Waals surface area contributed by atoms with E-state index in [4.69, 9.17) is 0 Å². The predicted octanol–water partition coefficient (Wildman–Crippen LogP) is 4.91. The molecule has 0 radical (unpaired) electrons. The molecule has 1 aromatic heterocycles. The van der Waals surface area contributed by atoms with Crippen molar-refractivity contribution in [2.45, 2.75) is 13.1 Å². The number of halogens is 4. The van der Waals surface area contributed by atoms with Gasteiger partial charge in [-0.15, -0.1) is 0 Å². The molecule has 0 atom stereocenters. The Morgan fingerprint density at radius 1 is 1.16 bits per heavy atom. The van der Waals surface area contributed by atoms with Crippen molar-refractivity contribution in [3.8, 4) is 0 Å². The molecule has 0 saturated carbocycles. The lowest BCUT2D eigenvalue weighted by atomic mass is 10.1. The fourth-order valence-electron chi connectivity index (χ4n) is 1.57. The molecule has 1 N–H and O–H groups in total. The molecular weight excluding hydrogens is 321 g/mol. The summed E-state index contributed by atoms with van der Waals surface area (Å²) < 4.78 is 38.7. The third-order valence-electron chi connectivity index (χ3n) is 2.55. The Morgan fingerprint density at radius 2 is 1.89 bits per heavy atom. The average Bonchev–Trinajstić information content (AvgIpc) is 2.30. The van der Waals surface area contributed by atoms with Crippen LogP contribution in [0.2, 0.25) is 0 Å². The smallest absolute Gasteiger partial charge is 0.354 e.